The topological polar surface area (TPSA) is 149 Å². The summed E-state index contributed by atoms with van der Waals surface area (Å²) in [6, 6.07) is 22.8. The van der Waals surface area contributed by atoms with E-state index in [-0.39, 0.29) is 31.7 Å². The molecule has 0 aliphatic rings. The third-order valence-corrected chi connectivity index (χ3v) is 10.3. The molecule has 0 saturated carbocycles. The van der Waals surface area contributed by atoms with Gasteiger partial charge < -0.3 is 5.11 Å². The predicted octanol–water partition coefficient (Wildman–Crippen LogP) is 3.43. The van der Waals surface area contributed by atoms with Gasteiger partial charge in [-0.1, -0.05) is 30.0 Å². The fourth-order valence-corrected chi connectivity index (χ4v) is 7.70. The number of aromatic nitrogens is 4. The lowest BCUT2D eigenvalue weighted by Gasteiger charge is -2.28. The lowest BCUT2D eigenvalue weighted by molar-refractivity contribution is -0.277. The molecule has 0 saturated heterocycles. The summed E-state index contributed by atoms with van der Waals surface area (Å²) in [6.45, 7) is 0.879. The number of hydrogen-bond donors (Lipinski definition) is 0. The van der Waals surface area contributed by atoms with Crippen molar-refractivity contribution in [3.63, 3.8) is 0 Å². The van der Waals surface area contributed by atoms with Gasteiger partial charge in [-0.05, 0) is 73.2 Å². The molecule has 0 aliphatic carbocycles. The Kier molecular flexibility index (Phi) is 9.40. The molecule has 13 heteroatoms. The minimum Gasteiger partial charge on any atom is -0.871 e. The Hall–Kier alpha value is -4.56. The summed E-state index contributed by atoms with van der Waals surface area (Å²) in [6.07, 6.45) is 6.15. The van der Waals surface area contributed by atoms with Crippen molar-refractivity contribution in [1.29, 1.82) is 0 Å². The van der Waals surface area contributed by atoms with Crippen LogP contribution < -0.4 is 5.11 Å². The van der Waals surface area contributed by atoms with Gasteiger partial charge in [0.1, 0.15) is 0 Å². The summed E-state index contributed by atoms with van der Waals surface area (Å²) in [4.78, 5) is 15.7. The van der Waals surface area contributed by atoms with Crippen LogP contribution in [0.2, 0.25) is 0 Å². The van der Waals surface area contributed by atoms with E-state index in [2.05, 4.69) is 19.9 Å². The van der Waals surface area contributed by atoms with Crippen molar-refractivity contribution in [2.75, 3.05) is 0 Å². The van der Waals surface area contributed by atoms with Crippen LogP contribution in [0.3, 0.4) is 0 Å². The van der Waals surface area contributed by atoms with Gasteiger partial charge in [0.25, 0.3) is 0 Å². The maximum atomic E-state index is 14.2. The van der Waals surface area contributed by atoms with E-state index < -0.39 is 35.6 Å². The summed E-state index contributed by atoms with van der Waals surface area (Å²) >= 11 is 0. The van der Waals surface area contributed by atoms with Crippen LogP contribution in [-0.4, -0.2) is 45.4 Å². The van der Waals surface area contributed by atoms with Crippen molar-refractivity contribution >= 4 is 20.0 Å². The molecule has 0 bridgehead atoms. The minimum absolute atomic E-state index is 0.166. The second kappa shape index (κ2) is 13.4. The fraction of sp³-hybridized carbons (Fsp3) is 0.161. The molecule has 0 spiro atoms. The average Bonchev–Trinajstić information content (AvgIpc) is 3.03. The lowest BCUT2D eigenvalue weighted by Crippen LogP contribution is -2.34. The summed E-state index contributed by atoms with van der Waals surface area (Å²) in [5.74, 6) is -1.13. The number of pyridine rings is 4. The molecule has 0 atom stereocenters. The SMILES string of the molecule is Cc1cc(S(=O)(=O)N(Cc2ccccn2)Cc2ccccn2)c([O-])c(S(=O)(=O)N(Cc2ccccn2)Cc2ccccn2)c1. The number of benzene rings is 1. The molecule has 4 heterocycles. The van der Waals surface area contributed by atoms with Crippen molar-refractivity contribution in [2.45, 2.75) is 42.9 Å². The quantitative estimate of drug-likeness (QED) is 0.202. The molecule has 0 fully saturated rings. The largest absolute Gasteiger partial charge is 0.871 e. The molecule has 4 aromatic heterocycles. The molecular weight excluding hydrogens is 601 g/mol. The van der Waals surface area contributed by atoms with Crippen LogP contribution in [0, 0.1) is 6.92 Å². The van der Waals surface area contributed by atoms with Gasteiger partial charge in [0.05, 0.1) is 58.7 Å². The molecule has 0 aliphatic heterocycles. The normalized spacial score (nSPS) is 12.1. The van der Waals surface area contributed by atoms with Gasteiger partial charge >= 0.3 is 0 Å². The molecule has 5 aromatic rings. The zero-order valence-corrected chi connectivity index (χ0v) is 25.4. The highest BCUT2D eigenvalue weighted by atomic mass is 32.2. The summed E-state index contributed by atoms with van der Waals surface area (Å²) < 4.78 is 58.9. The Bertz CT molecular complexity index is 1690. The highest BCUT2D eigenvalue weighted by molar-refractivity contribution is 7.90. The van der Waals surface area contributed by atoms with Crippen LogP contribution in [-0.2, 0) is 46.2 Å². The van der Waals surface area contributed by atoms with Gasteiger partial charge in [0, 0.05) is 24.8 Å². The molecule has 226 valence electrons. The monoisotopic (exact) mass is 629 g/mol. The first kappa shape index (κ1) is 30.9. The van der Waals surface area contributed by atoms with E-state index in [0.717, 1.165) is 8.61 Å². The Morgan fingerprint density at radius 1 is 0.545 bits per heavy atom. The Labute approximate surface area is 256 Å². The van der Waals surface area contributed by atoms with E-state index in [4.69, 9.17) is 0 Å². The maximum absolute atomic E-state index is 14.2. The van der Waals surface area contributed by atoms with E-state index in [9.17, 15) is 21.9 Å². The Balaban J connectivity index is 1.59. The van der Waals surface area contributed by atoms with Crippen LogP contribution in [0.15, 0.2) is 120 Å². The summed E-state index contributed by atoms with van der Waals surface area (Å²) in [7, 11) is -9.09. The van der Waals surface area contributed by atoms with Crippen molar-refractivity contribution in [3.05, 3.63) is 138 Å². The van der Waals surface area contributed by atoms with Crippen molar-refractivity contribution in [2.24, 2.45) is 0 Å². The van der Waals surface area contributed by atoms with Crippen LogP contribution in [0.5, 0.6) is 5.75 Å². The van der Waals surface area contributed by atoms with Crippen LogP contribution in [0.25, 0.3) is 0 Å². The zero-order chi connectivity index (χ0) is 31.2. The molecule has 44 heavy (non-hydrogen) atoms. The molecule has 11 nitrogen and oxygen atoms in total. The molecule has 5 rings (SSSR count). The van der Waals surface area contributed by atoms with Crippen molar-refractivity contribution in [1.82, 2.24) is 28.5 Å². The first-order valence-electron chi connectivity index (χ1n) is 13.6. The van der Waals surface area contributed by atoms with E-state index in [1.165, 1.54) is 36.9 Å². The molecule has 0 unspecified atom stereocenters. The molecule has 0 radical (unpaired) electrons. The zero-order valence-electron chi connectivity index (χ0n) is 23.8. The third kappa shape index (κ3) is 7.14. The average molecular weight is 630 g/mol. The lowest BCUT2D eigenvalue weighted by atomic mass is 10.2. The van der Waals surface area contributed by atoms with Crippen molar-refractivity contribution < 1.29 is 21.9 Å². The van der Waals surface area contributed by atoms with Crippen molar-refractivity contribution in [3.8, 4) is 5.75 Å². The predicted molar refractivity (Wildman–Crippen MR) is 160 cm³/mol. The number of aryl methyl sites for hydroxylation is 1. The Morgan fingerprint density at radius 3 is 1.09 bits per heavy atom. The number of rotatable bonds is 12. The second-order valence-corrected chi connectivity index (χ2v) is 13.7. The molecule has 0 N–H and O–H groups in total. The molecule has 1 aromatic carbocycles. The standard InChI is InChI=1S/C31H30N6O5S2/c1-24-18-29(43(39,40)36(20-25-10-2-6-14-32-25)21-26-11-3-7-15-33-26)31(38)30(19-24)44(41,42)37(22-27-12-4-8-16-34-27)23-28-13-5-9-17-35-28/h2-19,38H,20-23H2,1H3/p-1. The van der Waals surface area contributed by atoms with E-state index >= 15 is 0 Å². The maximum Gasteiger partial charge on any atom is 0.243 e. The Morgan fingerprint density at radius 2 is 0.841 bits per heavy atom. The number of sulfonamides is 2. The molecular formula is C31H29N6O5S2-. The highest BCUT2D eigenvalue weighted by Gasteiger charge is 2.32. The smallest absolute Gasteiger partial charge is 0.243 e. The van der Waals surface area contributed by atoms with Crippen LogP contribution >= 0.6 is 0 Å². The van der Waals surface area contributed by atoms with Crippen LogP contribution in [0.4, 0.5) is 0 Å². The van der Waals surface area contributed by atoms with Gasteiger partial charge in [-0.25, -0.2) is 16.8 Å². The second-order valence-electron chi connectivity index (χ2n) is 9.92. The number of hydrogen-bond acceptors (Lipinski definition) is 9. The van der Waals surface area contributed by atoms with Crippen LogP contribution in [0.1, 0.15) is 28.3 Å². The van der Waals surface area contributed by atoms with E-state index in [1.807, 2.05) is 0 Å². The summed E-state index contributed by atoms with van der Waals surface area (Å²) in [5.41, 5.74) is 2.05. The van der Waals surface area contributed by atoms with Gasteiger partial charge in [0.15, 0.2) is 0 Å². The van der Waals surface area contributed by atoms with E-state index in [1.54, 1.807) is 79.7 Å². The van der Waals surface area contributed by atoms with E-state index in [0.29, 0.717) is 22.8 Å². The summed E-state index contributed by atoms with van der Waals surface area (Å²) in [5, 5.41) is 14.0. The van der Waals surface area contributed by atoms with Gasteiger partial charge in [-0.3, -0.25) is 19.9 Å². The first-order chi connectivity index (χ1) is 21.1. The highest BCUT2D eigenvalue weighted by Crippen LogP contribution is 2.35. The van der Waals surface area contributed by atoms with Gasteiger partial charge in [0.2, 0.25) is 20.0 Å². The minimum atomic E-state index is -4.54. The number of nitrogens with zero attached hydrogens (tertiary/aromatic N) is 6. The fourth-order valence-electron chi connectivity index (χ4n) is 4.51. The molecule has 0 amide bonds. The first-order valence-corrected chi connectivity index (χ1v) is 16.4. The van der Waals surface area contributed by atoms with Gasteiger partial charge in [-0.2, -0.15) is 8.61 Å². The van der Waals surface area contributed by atoms with Gasteiger partial charge in [-0.15, -0.1) is 0 Å². The third-order valence-electron chi connectivity index (χ3n) is 6.66.